The van der Waals surface area contributed by atoms with Crippen LogP contribution in [0.5, 0.6) is 5.75 Å². The average Bonchev–Trinajstić information content (AvgIpc) is 2.66. The molecule has 0 unspecified atom stereocenters. The van der Waals surface area contributed by atoms with Crippen molar-refractivity contribution in [2.24, 2.45) is 0 Å². The largest absolute Gasteiger partial charge is 0.497 e. The molecule has 0 radical (unpaired) electrons. The molecule has 1 aliphatic rings. The van der Waals surface area contributed by atoms with Gasteiger partial charge in [0.05, 0.1) is 7.11 Å². The molecule has 2 aromatic rings. The fourth-order valence-electron chi connectivity index (χ4n) is 3.46. The first kappa shape index (κ1) is 17.0. The predicted molar refractivity (Wildman–Crippen MR) is 99.2 cm³/mol. The van der Waals surface area contributed by atoms with E-state index in [0.29, 0.717) is 12.1 Å². The highest BCUT2D eigenvalue weighted by atomic mass is 16.5. The van der Waals surface area contributed by atoms with Crippen LogP contribution in [0.25, 0.3) is 0 Å². The molecule has 3 nitrogen and oxygen atoms in total. The van der Waals surface area contributed by atoms with Crippen LogP contribution in [0.2, 0.25) is 0 Å². The minimum atomic E-state index is 0.546. The van der Waals surface area contributed by atoms with Gasteiger partial charge in [-0.25, -0.2) is 0 Å². The highest BCUT2D eigenvalue weighted by molar-refractivity contribution is 5.27. The van der Waals surface area contributed by atoms with E-state index < -0.39 is 0 Å². The topological polar surface area (TPSA) is 33.3 Å². The maximum Gasteiger partial charge on any atom is 0.118 e. The van der Waals surface area contributed by atoms with Crippen molar-refractivity contribution in [1.82, 2.24) is 10.6 Å². The van der Waals surface area contributed by atoms with Crippen LogP contribution in [-0.4, -0.2) is 19.2 Å². The summed E-state index contributed by atoms with van der Waals surface area (Å²) in [5.41, 5.74) is 2.67. The van der Waals surface area contributed by atoms with Crippen molar-refractivity contribution in [1.29, 1.82) is 0 Å². The molecule has 24 heavy (non-hydrogen) atoms. The molecular weight excluding hydrogens is 296 g/mol. The van der Waals surface area contributed by atoms with E-state index in [0.717, 1.165) is 18.8 Å². The van der Waals surface area contributed by atoms with Gasteiger partial charge in [0.25, 0.3) is 0 Å². The smallest absolute Gasteiger partial charge is 0.118 e. The minimum absolute atomic E-state index is 0.546. The molecule has 1 saturated carbocycles. The van der Waals surface area contributed by atoms with E-state index in [4.69, 9.17) is 4.74 Å². The van der Waals surface area contributed by atoms with Crippen molar-refractivity contribution in [3.05, 3.63) is 65.7 Å². The third-order valence-corrected chi connectivity index (χ3v) is 4.90. The molecule has 2 N–H and O–H groups in total. The average molecular weight is 324 g/mol. The van der Waals surface area contributed by atoms with Gasteiger partial charge in [0.15, 0.2) is 0 Å². The van der Waals surface area contributed by atoms with Crippen molar-refractivity contribution in [2.45, 2.75) is 50.9 Å². The summed E-state index contributed by atoms with van der Waals surface area (Å²) in [5, 5.41) is 7.52. The molecule has 1 fully saturated rings. The molecule has 2 atom stereocenters. The van der Waals surface area contributed by atoms with Crippen molar-refractivity contribution >= 4 is 0 Å². The summed E-state index contributed by atoms with van der Waals surface area (Å²) < 4.78 is 5.22. The molecule has 3 heteroatoms. The zero-order valence-corrected chi connectivity index (χ0v) is 14.5. The summed E-state index contributed by atoms with van der Waals surface area (Å²) in [5.74, 6) is 0.916. The third kappa shape index (κ3) is 4.83. The quantitative estimate of drug-likeness (QED) is 0.811. The fourth-order valence-corrected chi connectivity index (χ4v) is 3.46. The van der Waals surface area contributed by atoms with Gasteiger partial charge >= 0.3 is 0 Å². The number of rotatable bonds is 7. The first-order chi connectivity index (χ1) is 11.8. The van der Waals surface area contributed by atoms with Crippen LogP contribution < -0.4 is 15.4 Å². The third-order valence-electron chi connectivity index (χ3n) is 4.90. The maximum absolute atomic E-state index is 5.22. The van der Waals surface area contributed by atoms with Crippen molar-refractivity contribution < 1.29 is 4.74 Å². The Hall–Kier alpha value is -1.84. The Labute approximate surface area is 145 Å². The van der Waals surface area contributed by atoms with Crippen LogP contribution in [0, 0.1) is 0 Å². The first-order valence-corrected chi connectivity index (χ1v) is 8.99. The zero-order valence-electron chi connectivity index (χ0n) is 14.5. The fraction of sp³-hybridized carbons (Fsp3) is 0.429. The zero-order chi connectivity index (χ0) is 16.6. The Morgan fingerprint density at radius 1 is 0.792 bits per heavy atom. The van der Waals surface area contributed by atoms with Crippen LogP contribution >= 0.6 is 0 Å². The summed E-state index contributed by atoms with van der Waals surface area (Å²) in [7, 11) is 1.71. The minimum Gasteiger partial charge on any atom is -0.497 e. The van der Waals surface area contributed by atoms with Gasteiger partial charge in [0.1, 0.15) is 5.75 Å². The number of methoxy groups -OCH3 is 1. The van der Waals surface area contributed by atoms with Gasteiger partial charge in [0, 0.05) is 25.2 Å². The van der Waals surface area contributed by atoms with Crippen LogP contribution in [0.3, 0.4) is 0 Å². The molecule has 0 spiro atoms. The van der Waals surface area contributed by atoms with Crippen LogP contribution in [0.15, 0.2) is 54.6 Å². The summed E-state index contributed by atoms with van der Waals surface area (Å²) >= 11 is 0. The Kier molecular flexibility index (Phi) is 6.27. The van der Waals surface area contributed by atoms with Gasteiger partial charge in [-0.3, -0.25) is 0 Å². The van der Waals surface area contributed by atoms with Gasteiger partial charge < -0.3 is 15.4 Å². The van der Waals surface area contributed by atoms with E-state index in [-0.39, 0.29) is 0 Å². The van der Waals surface area contributed by atoms with Gasteiger partial charge in [0.2, 0.25) is 0 Å². The van der Waals surface area contributed by atoms with E-state index in [2.05, 4.69) is 53.1 Å². The molecule has 0 aromatic heterocycles. The normalized spacial score (nSPS) is 20.7. The number of hydrogen-bond acceptors (Lipinski definition) is 3. The molecule has 0 amide bonds. The second-order valence-corrected chi connectivity index (χ2v) is 6.59. The molecule has 0 saturated heterocycles. The highest BCUT2D eigenvalue weighted by Gasteiger charge is 2.24. The molecule has 3 rings (SSSR count). The lowest BCUT2D eigenvalue weighted by molar-refractivity contribution is 0.281. The maximum atomic E-state index is 5.22. The number of hydrogen-bond donors (Lipinski definition) is 2. The van der Waals surface area contributed by atoms with Crippen LogP contribution in [-0.2, 0) is 13.1 Å². The van der Waals surface area contributed by atoms with Crippen molar-refractivity contribution in [3.63, 3.8) is 0 Å². The molecule has 128 valence electrons. The van der Waals surface area contributed by atoms with E-state index in [1.165, 1.54) is 36.8 Å². The summed E-state index contributed by atoms with van der Waals surface area (Å²) in [6.45, 7) is 1.87. The first-order valence-electron chi connectivity index (χ1n) is 8.99. The van der Waals surface area contributed by atoms with E-state index in [1.54, 1.807) is 7.11 Å². The lowest BCUT2D eigenvalue weighted by Gasteiger charge is -2.33. The monoisotopic (exact) mass is 324 g/mol. The van der Waals surface area contributed by atoms with Gasteiger partial charge in [-0.2, -0.15) is 0 Å². The number of ether oxygens (including phenoxy) is 1. The van der Waals surface area contributed by atoms with Crippen LogP contribution in [0.4, 0.5) is 0 Å². The molecular formula is C21H28N2O. The molecule has 0 aliphatic heterocycles. The van der Waals surface area contributed by atoms with Gasteiger partial charge in [-0.15, -0.1) is 0 Å². The van der Waals surface area contributed by atoms with E-state index in [1.807, 2.05) is 12.1 Å². The van der Waals surface area contributed by atoms with E-state index >= 15 is 0 Å². The van der Waals surface area contributed by atoms with Crippen molar-refractivity contribution in [3.8, 4) is 5.75 Å². The Morgan fingerprint density at radius 3 is 1.88 bits per heavy atom. The molecule has 1 aliphatic carbocycles. The second kappa shape index (κ2) is 8.86. The molecule has 0 bridgehead atoms. The molecule has 0 heterocycles. The van der Waals surface area contributed by atoms with Gasteiger partial charge in [-0.1, -0.05) is 55.3 Å². The predicted octanol–water partition coefficient (Wildman–Crippen LogP) is 3.89. The number of benzene rings is 2. The Bertz CT molecular complexity index is 597. The highest BCUT2D eigenvalue weighted by Crippen LogP contribution is 2.20. The van der Waals surface area contributed by atoms with Crippen LogP contribution in [0.1, 0.15) is 36.8 Å². The SMILES string of the molecule is COc1ccc(CN[C@H]2CCCC[C@@H]2NCc2ccccc2)cc1. The lowest BCUT2D eigenvalue weighted by Crippen LogP contribution is -2.49. The summed E-state index contributed by atoms with van der Waals surface area (Å²) in [4.78, 5) is 0. The van der Waals surface area contributed by atoms with E-state index in [9.17, 15) is 0 Å². The van der Waals surface area contributed by atoms with Crippen molar-refractivity contribution in [2.75, 3.05) is 7.11 Å². The van der Waals surface area contributed by atoms with Gasteiger partial charge in [-0.05, 0) is 36.1 Å². The number of nitrogens with one attached hydrogen (secondary N) is 2. The Morgan fingerprint density at radius 2 is 1.33 bits per heavy atom. The molecule has 2 aromatic carbocycles. The Balaban J connectivity index is 1.51. The second-order valence-electron chi connectivity index (χ2n) is 6.59. The summed E-state index contributed by atoms with van der Waals surface area (Å²) in [6, 6.07) is 20.1. The standard InChI is InChI=1S/C21H28N2O/c1-24-19-13-11-18(12-14-19)16-23-21-10-6-5-9-20(21)22-15-17-7-3-2-4-8-17/h2-4,7-8,11-14,20-23H,5-6,9-10,15-16H2,1H3/t20-,21-/m0/s1. The lowest BCUT2D eigenvalue weighted by atomic mass is 9.90. The summed E-state index contributed by atoms with van der Waals surface area (Å²) in [6.07, 6.45) is 5.16.